The van der Waals surface area contributed by atoms with Gasteiger partial charge in [0.05, 0.1) is 0 Å². The van der Waals surface area contributed by atoms with Crippen LogP contribution < -0.4 is 11.1 Å². The summed E-state index contributed by atoms with van der Waals surface area (Å²) < 4.78 is 0. The fraction of sp³-hybridized carbons (Fsp3) is 0.733. The molecule has 0 radical (unpaired) electrons. The predicted molar refractivity (Wildman–Crippen MR) is 79.8 cm³/mol. The normalized spacial score (nSPS) is 29.1. The molecular weight excluding hydrogens is 240 g/mol. The number of thiophene rings is 1. The Morgan fingerprint density at radius 2 is 2.33 bits per heavy atom. The van der Waals surface area contributed by atoms with Crippen LogP contribution in [0.15, 0.2) is 17.5 Å². The number of nitrogens with two attached hydrogens (primary N) is 1. The lowest BCUT2D eigenvalue weighted by molar-refractivity contribution is 0.286. The van der Waals surface area contributed by atoms with E-state index < -0.39 is 0 Å². The second kappa shape index (κ2) is 6.69. The molecular formula is C15H26N2S. The Morgan fingerprint density at radius 3 is 3.00 bits per heavy atom. The first-order valence-corrected chi connectivity index (χ1v) is 8.13. The molecule has 1 saturated carbocycles. The molecule has 1 aliphatic carbocycles. The van der Waals surface area contributed by atoms with Crippen molar-refractivity contribution in [1.29, 1.82) is 0 Å². The second-order valence-electron chi connectivity index (χ2n) is 5.62. The van der Waals surface area contributed by atoms with E-state index in [1.807, 2.05) is 11.3 Å². The average Bonchev–Trinajstić information content (AvgIpc) is 2.83. The van der Waals surface area contributed by atoms with Crippen molar-refractivity contribution in [1.82, 2.24) is 5.32 Å². The molecule has 0 amide bonds. The summed E-state index contributed by atoms with van der Waals surface area (Å²) >= 11 is 1.83. The van der Waals surface area contributed by atoms with Crippen molar-refractivity contribution in [3.05, 3.63) is 22.4 Å². The van der Waals surface area contributed by atoms with Crippen LogP contribution in [0, 0.1) is 5.92 Å². The highest BCUT2D eigenvalue weighted by atomic mass is 32.1. The molecule has 2 unspecified atom stereocenters. The zero-order valence-corrected chi connectivity index (χ0v) is 12.3. The molecule has 0 aromatic carbocycles. The van der Waals surface area contributed by atoms with E-state index in [1.54, 1.807) is 0 Å². The smallest absolute Gasteiger partial charge is 0.0307 e. The first kappa shape index (κ1) is 14.0. The molecule has 0 spiro atoms. The van der Waals surface area contributed by atoms with Gasteiger partial charge in [-0.3, -0.25) is 0 Å². The van der Waals surface area contributed by atoms with Crippen molar-refractivity contribution >= 4 is 11.3 Å². The largest absolute Gasteiger partial charge is 0.329 e. The average molecular weight is 266 g/mol. The van der Waals surface area contributed by atoms with E-state index in [1.165, 1.54) is 43.4 Å². The SMILES string of the molecule is CCC1CCCC(CN)(NCc2cccs2)CC1. The lowest BCUT2D eigenvalue weighted by Gasteiger charge is -2.33. The summed E-state index contributed by atoms with van der Waals surface area (Å²) in [5.74, 6) is 0.918. The predicted octanol–water partition coefficient (Wildman–Crippen LogP) is 3.53. The van der Waals surface area contributed by atoms with Gasteiger partial charge in [-0.05, 0) is 36.6 Å². The van der Waals surface area contributed by atoms with Crippen molar-refractivity contribution in [2.45, 2.75) is 57.5 Å². The number of hydrogen-bond donors (Lipinski definition) is 2. The number of rotatable bonds is 5. The molecule has 1 aliphatic rings. The molecule has 0 saturated heterocycles. The first-order valence-electron chi connectivity index (χ1n) is 7.25. The topological polar surface area (TPSA) is 38.0 Å². The third kappa shape index (κ3) is 3.56. The van der Waals surface area contributed by atoms with Crippen LogP contribution in [-0.2, 0) is 6.54 Å². The third-order valence-electron chi connectivity index (χ3n) is 4.48. The highest BCUT2D eigenvalue weighted by molar-refractivity contribution is 7.09. The van der Waals surface area contributed by atoms with Crippen molar-refractivity contribution < 1.29 is 0 Å². The van der Waals surface area contributed by atoms with Crippen LogP contribution in [0.25, 0.3) is 0 Å². The molecule has 1 aromatic heterocycles. The van der Waals surface area contributed by atoms with Gasteiger partial charge >= 0.3 is 0 Å². The van der Waals surface area contributed by atoms with Gasteiger partial charge in [0.1, 0.15) is 0 Å². The van der Waals surface area contributed by atoms with E-state index in [-0.39, 0.29) is 5.54 Å². The lowest BCUT2D eigenvalue weighted by Crippen LogP contribution is -2.50. The van der Waals surface area contributed by atoms with Crippen LogP contribution >= 0.6 is 11.3 Å². The Balaban J connectivity index is 1.92. The summed E-state index contributed by atoms with van der Waals surface area (Å²) in [5.41, 5.74) is 6.26. The Labute approximate surface area is 115 Å². The number of hydrogen-bond acceptors (Lipinski definition) is 3. The van der Waals surface area contributed by atoms with E-state index in [0.717, 1.165) is 19.0 Å². The number of nitrogens with one attached hydrogen (secondary N) is 1. The molecule has 1 heterocycles. The Kier molecular flexibility index (Phi) is 5.22. The van der Waals surface area contributed by atoms with Crippen molar-refractivity contribution in [3.63, 3.8) is 0 Å². The van der Waals surface area contributed by atoms with Gasteiger partial charge in [0.15, 0.2) is 0 Å². The minimum Gasteiger partial charge on any atom is -0.329 e. The first-order chi connectivity index (χ1) is 8.78. The van der Waals surface area contributed by atoms with Crippen LogP contribution in [0.5, 0.6) is 0 Å². The summed E-state index contributed by atoms with van der Waals surface area (Å²) in [7, 11) is 0. The highest BCUT2D eigenvalue weighted by Crippen LogP contribution is 2.31. The summed E-state index contributed by atoms with van der Waals surface area (Å²) in [6.45, 7) is 4.07. The monoisotopic (exact) mass is 266 g/mol. The summed E-state index contributed by atoms with van der Waals surface area (Å²) in [5, 5.41) is 5.90. The minimum atomic E-state index is 0.188. The standard InChI is InChI=1S/C15H26N2S/c1-2-13-5-3-8-15(12-16,9-7-13)17-11-14-6-4-10-18-14/h4,6,10,13,17H,2-3,5,7-9,11-12,16H2,1H3. The van der Waals surface area contributed by atoms with Gasteiger partial charge in [-0.2, -0.15) is 0 Å². The molecule has 2 atom stereocenters. The van der Waals surface area contributed by atoms with Gasteiger partial charge in [-0.25, -0.2) is 0 Å². The molecule has 2 nitrogen and oxygen atoms in total. The van der Waals surface area contributed by atoms with Crippen LogP contribution in [0.3, 0.4) is 0 Å². The molecule has 18 heavy (non-hydrogen) atoms. The molecule has 1 aromatic rings. The summed E-state index contributed by atoms with van der Waals surface area (Å²) in [4.78, 5) is 1.42. The van der Waals surface area contributed by atoms with Crippen LogP contribution in [0.4, 0.5) is 0 Å². The molecule has 0 aliphatic heterocycles. The fourth-order valence-corrected chi connectivity index (χ4v) is 3.67. The van der Waals surface area contributed by atoms with Gasteiger partial charge in [-0.1, -0.05) is 32.3 Å². The maximum atomic E-state index is 6.07. The third-order valence-corrected chi connectivity index (χ3v) is 5.36. The summed E-state index contributed by atoms with van der Waals surface area (Å²) in [6.07, 6.45) is 7.86. The fourth-order valence-electron chi connectivity index (χ4n) is 3.03. The van der Waals surface area contributed by atoms with Gasteiger partial charge in [0.25, 0.3) is 0 Å². The lowest BCUT2D eigenvalue weighted by atomic mass is 9.89. The van der Waals surface area contributed by atoms with E-state index >= 15 is 0 Å². The molecule has 1 fully saturated rings. The van der Waals surface area contributed by atoms with E-state index in [2.05, 4.69) is 29.8 Å². The zero-order chi connectivity index (χ0) is 12.8. The highest BCUT2D eigenvalue weighted by Gasteiger charge is 2.31. The van der Waals surface area contributed by atoms with Gasteiger partial charge in [-0.15, -0.1) is 11.3 Å². The maximum Gasteiger partial charge on any atom is 0.0307 e. The van der Waals surface area contributed by atoms with Crippen LogP contribution in [-0.4, -0.2) is 12.1 Å². The van der Waals surface area contributed by atoms with Gasteiger partial charge < -0.3 is 11.1 Å². The summed E-state index contributed by atoms with van der Waals surface area (Å²) in [6, 6.07) is 4.32. The quantitative estimate of drug-likeness (QED) is 0.800. The molecule has 2 rings (SSSR count). The van der Waals surface area contributed by atoms with Crippen LogP contribution in [0.1, 0.15) is 50.3 Å². The Bertz CT molecular complexity index is 336. The van der Waals surface area contributed by atoms with E-state index in [4.69, 9.17) is 5.73 Å². The second-order valence-corrected chi connectivity index (χ2v) is 6.65. The van der Waals surface area contributed by atoms with Crippen molar-refractivity contribution in [2.24, 2.45) is 11.7 Å². The molecule has 102 valence electrons. The molecule has 3 N–H and O–H groups in total. The minimum absolute atomic E-state index is 0.188. The Hall–Kier alpha value is -0.380. The maximum absolute atomic E-state index is 6.07. The molecule has 3 heteroatoms. The molecule has 0 bridgehead atoms. The van der Waals surface area contributed by atoms with E-state index in [9.17, 15) is 0 Å². The van der Waals surface area contributed by atoms with Crippen molar-refractivity contribution in [3.8, 4) is 0 Å². The zero-order valence-electron chi connectivity index (χ0n) is 11.5. The van der Waals surface area contributed by atoms with Gasteiger partial charge in [0, 0.05) is 23.5 Å². The van der Waals surface area contributed by atoms with Gasteiger partial charge in [0.2, 0.25) is 0 Å². The van der Waals surface area contributed by atoms with E-state index in [0.29, 0.717) is 0 Å². The van der Waals surface area contributed by atoms with Crippen molar-refractivity contribution in [2.75, 3.05) is 6.54 Å². The Morgan fingerprint density at radius 1 is 1.44 bits per heavy atom. The van der Waals surface area contributed by atoms with Crippen LogP contribution in [0.2, 0.25) is 0 Å².